The lowest BCUT2D eigenvalue weighted by Gasteiger charge is -2.22. The Labute approximate surface area is 120 Å². The summed E-state index contributed by atoms with van der Waals surface area (Å²) in [5, 5.41) is 3.09. The second kappa shape index (κ2) is 7.41. The second-order valence-corrected chi connectivity index (χ2v) is 5.54. The molecule has 0 spiro atoms. The fourth-order valence-corrected chi connectivity index (χ4v) is 2.59. The molecule has 1 heterocycles. The maximum Gasteiger partial charge on any atom is 0.224 e. The number of hydrogen-bond acceptors (Lipinski definition) is 3. The van der Waals surface area contributed by atoms with Crippen molar-refractivity contribution >= 4 is 5.91 Å². The summed E-state index contributed by atoms with van der Waals surface area (Å²) in [6, 6.07) is 10.2. The standard InChI is InChI=1S/C16H24N2O2/c1-12(14-7-8-20-11-14)18-16(19)15(10-17)9-13-5-3-2-4-6-13/h2-6,12,14-15H,7-11,17H2,1H3,(H,18,19). The monoisotopic (exact) mass is 276 g/mol. The van der Waals surface area contributed by atoms with Crippen LogP contribution in [0, 0.1) is 11.8 Å². The number of hydrogen-bond donors (Lipinski definition) is 2. The summed E-state index contributed by atoms with van der Waals surface area (Å²) in [7, 11) is 0. The molecule has 1 aromatic carbocycles. The molecule has 0 aromatic heterocycles. The van der Waals surface area contributed by atoms with E-state index in [0.717, 1.165) is 25.2 Å². The fraction of sp³-hybridized carbons (Fsp3) is 0.562. The third kappa shape index (κ3) is 4.05. The van der Waals surface area contributed by atoms with Gasteiger partial charge in [-0.25, -0.2) is 0 Å². The Kier molecular flexibility index (Phi) is 5.56. The van der Waals surface area contributed by atoms with Crippen molar-refractivity contribution in [2.75, 3.05) is 19.8 Å². The van der Waals surface area contributed by atoms with Crippen LogP contribution in [0.2, 0.25) is 0 Å². The van der Waals surface area contributed by atoms with Crippen molar-refractivity contribution in [3.8, 4) is 0 Å². The summed E-state index contributed by atoms with van der Waals surface area (Å²) >= 11 is 0. The Morgan fingerprint density at radius 2 is 2.20 bits per heavy atom. The number of nitrogens with one attached hydrogen (secondary N) is 1. The molecular weight excluding hydrogens is 252 g/mol. The van der Waals surface area contributed by atoms with Crippen LogP contribution in [-0.2, 0) is 16.0 Å². The molecule has 3 N–H and O–H groups in total. The highest BCUT2D eigenvalue weighted by atomic mass is 16.5. The van der Waals surface area contributed by atoms with Crippen molar-refractivity contribution in [2.45, 2.75) is 25.8 Å². The average molecular weight is 276 g/mol. The van der Waals surface area contributed by atoms with E-state index >= 15 is 0 Å². The summed E-state index contributed by atoms with van der Waals surface area (Å²) in [5.74, 6) is 0.312. The normalized spacial score (nSPS) is 21.4. The maximum atomic E-state index is 12.3. The van der Waals surface area contributed by atoms with E-state index < -0.39 is 0 Å². The van der Waals surface area contributed by atoms with Gasteiger partial charge in [0, 0.05) is 25.1 Å². The minimum atomic E-state index is -0.165. The van der Waals surface area contributed by atoms with E-state index in [9.17, 15) is 4.79 Å². The molecule has 4 nitrogen and oxygen atoms in total. The molecule has 3 atom stereocenters. The SMILES string of the molecule is CC(NC(=O)C(CN)Cc1ccccc1)C1CCOC1. The summed E-state index contributed by atoms with van der Waals surface area (Å²) in [4.78, 5) is 12.3. The summed E-state index contributed by atoms with van der Waals surface area (Å²) in [6.45, 7) is 3.96. The number of carbonyl (C=O) groups is 1. The smallest absolute Gasteiger partial charge is 0.224 e. The van der Waals surface area contributed by atoms with Crippen LogP contribution in [-0.4, -0.2) is 31.7 Å². The fourth-order valence-electron chi connectivity index (χ4n) is 2.59. The van der Waals surface area contributed by atoms with Crippen molar-refractivity contribution < 1.29 is 9.53 Å². The van der Waals surface area contributed by atoms with Crippen LogP contribution in [0.25, 0.3) is 0 Å². The van der Waals surface area contributed by atoms with Gasteiger partial charge in [-0.05, 0) is 25.3 Å². The summed E-state index contributed by atoms with van der Waals surface area (Å²) in [5.41, 5.74) is 6.91. The highest BCUT2D eigenvalue weighted by molar-refractivity contribution is 5.79. The predicted octanol–water partition coefficient (Wildman–Crippen LogP) is 1.35. The molecule has 0 bridgehead atoms. The average Bonchev–Trinajstić information content (AvgIpc) is 3.00. The van der Waals surface area contributed by atoms with Crippen LogP contribution in [0.5, 0.6) is 0 Å². The molecule has 1 aromatic rings. The molecule has 110 valence electrons. The lowest BCUT2D eigenvalue weighted by atomic mass is 9.96. The van der Waals surface area contributed by atoms with Crippen molar-refractivity contribution in [3.05, 3.63) is 35.9 Å². The van der Waals surface area contributed by atoms with E-state index in [1.807, 2.05) is 37.3 Å². The highest BCUT2D eigenvalue weighted by Crippen LogP contribution is 2.17. The van der Waals surface area contributed by atoms with E-state index in [2.05, 4.69) is 5.32 Å². The molecule has 1 aliphatic heterocycles. The van der Waals surface area contributed by atoms with E-state index in [4.69, 9.17) is 10.5 Å². The Hall–Kier alpha value is -1.39. The molecule has 1 fully saturated rings. The Bertz CT molecular complexity index is 416. The molecule has 0 aliphatic carbocycles. The van der Waals surface area contributed by atoms with Crippen molar-refractivity contribution in [2.24, 2.45) is 17.6 Å². The number of benzene rings is 1. The quantitative estimate of drug-likeness (QED) is 0.824. The minimum Gasteiger partial charge on any atom is -0.381 e. The van der Waals surface area contributed by atoms with Crippen LogP contribution < -0.4 is 11.1 Å². The summed E-state index contributed by atoms with van der Waals surface area (Å²) in [6.07, 6.45) is 1.71. The van der Waals surface area contributed by atoms with Gasteiger partial charge in [0.1, 0.15) is 0 Å². The van der Waals surface area contributed by atoms with Crippen LogP contribution in [0.15, 0.2) is 30.3 Å². The van der Waals surface area contributed by atoms with E-state index in [0.29, 0.717) is 18.9 Å². The summed E-state index contributed by atoms with van der Waals surface area (Å²) < 4.78 is 5.37. The molecule has 1 amide bonds. The van der Waals surface area contributed by atoms with Gasteiger partial charge in [0.15, 0.2) is 0 Å². The molecule has 20 heavy (non-hydrogen) atoms. The van der Waals surface area contributed by atoms with Gasteiger partial charge in [0.2, 0.25) is 5.91 Å². The van der Waals surface area contributed by atoms with Gasteiger partial charge in [-0.3, -0.25) is 4.79 Å². The first kappa shape index (κ1) is 15.0. The Morgan fingerprint density at radius 3 is 2.80 bits per heavy atom. The third-order valence-corrected chi connectivity index (χ3v) is 4.02. The molecule has 0 radical (unpaired) electrons. The zero-order valence-electron chi connectivity index (χ0n) is 12.0. The van der Waals surface area contributed by atoms with Crippen LogP contribution in [0.1, 0.15) is 18.9 Å². The van der Waals surface area contributed by atoms with Crippen LogP contribution in [0.3, 0.4) is 0 Å². The highest BCUT2D eigenvalue weighted by Gasteiger charge is 2.26. The van der Waals surface area contributed by atoms with E-state index in [1.54, 1.807) is 0 Å². The predicted molar refractivity (Wildman–Crippen MR) is 79.2 cm³/mol. The molecule has 2 rings (SSSR count). The van der Waals surface area contributed by atoms with Crippen molar-refractivity contribution in [1.29, 1.82) is 0 Å². The van der Waals surface area contributed by atoms with Gasteiger partial charge >= 0.3 is 0 Å². The van der Waals surface area contributed by atoms with E-state index in [1.165, 1.54) is 0 Å². The lowest BCUT2D eigenvalue weighted by Crippen LogP contribution is -2.44. The molecule has 0 saturated carbocycles. The topological polar surface area (TPSA) is 64.4 Å². The largest absolute Gasteiger partial charge is 0.381 e. The number of nitrogens with two attached hydrogens (primary N) is 1. The number of carbonyl (C=O) groups excluding carboxylic acids is 1. The maximum absolute atomic E-state index is 12.3. The third-order valence-electron chi connectivity index (χ3n) is 4.02. The number of ether oxygens (including phenoxy) is 1. The van der Waals surface area contributed by atoms with Crippen molar-refractivity contribution in [3.63, 3.8) is 0 Å². The molecule has 4 heteroatoms. The van der Waals surface area contributed by atoms with Gasteiger partial charge < -0.3 is 15.8 Å². The number of rotatable bonds is 6. The van der Waals surface area contributed by atoms with Gasteiger partial charge in [0.05, 0.1) is 12.5 Å². The first-order valence-corrected chi connectivity index (χ1v) is 7.32. The first-order valence-electron chi connectivity index (χ1n) is 7.32. The zero-order chi connectivity index (χ0) is 14.4. The van der Waals surface area contributed by atoms with Crippen LogP contribution >= 0.6 is 0 Å². The second-order valence-electron chi connectivity index (χ2n) is 5.54. The van der Waals surface area contributed by atoms with Crippen LogP contribution in [0.4, 0.5) is 0 Å². The van der Waals surface area contributed by atoms with Crippen molar-refractivity contribution in [1.82, 2.24) is 5.32 Å². The first-order chi connectivity index (χ1) is 9.70. The van der Waals surface area contributed by atoms with E-state index in [-0.39, 0.29) is 17.9 Å². The van der Waals surface area contributed by atoms with Gasteiger partial charge in [-0.2, -0.15) is 0 Å². The lowest BCUT2D eigenvalue weighted by molar-refractivity contribution is -0.125. The van der Waals surface area contributed by atoms with Gasteiger partial charge in [-0.15, -0.1) is 0 Å². The van der Waals surface area contributed by atoms with Gasteiger partial charge in [0.25, 0.3) is 0 Å². The van der Waals surface area contributed by atoms with Gasteiger partial charge in [-0.1, -0.05) is 30.3 Å². The molecule has 1 saturated heterocycles. The molecular formula is C16H24N2O2. The Balaban J connectivity index is 1.88. The Morgan fingerprint density at radius 1 is 1.45 bits per heavy atom. The zero-order valence-corrected chi connectivity index (χ0v) is 12.0. The minimum absolute atomic E-state index is 0.0516. The number of amides is 1. The molecule has 1 aliphatic rings. The molecule has 3 unspecified atom stereocenters.